The normalized spacial score (nSPS) is 25.1. The Morgan fingerprint density at radius 1 is 1.10 bits per heavy atom. The Bertz CT molecular complexity index is 483. The molecule has 0 aromatic heterocycles. The van der Waals surface area contributed by atoms with Gasteiger partial charge in [-0.2, -0.15) is 0 Å². The van der Waals surface area contributed by atoms with Gasteiger partial charge in [-0.25, -0.2) is 0 Å². The highest BCUT2D eigenvalue weighted by Gasteiger charge is 2.41. The highest BCUT2D eigenvalue weighted by Crippen LogP contribution is 2.40. The van der Waals surface area contributed by atoms with Crippen molar-refractivity contribution in [3.63, 3.8) is 0 Å². The highest BCUT2D eigenvalue weighted by atomic mass is 16.5. The van der Waals surface area contributed by atoms with Crippen LogP contribution in [0.2, 0.25) is 0 Å². The molecule has 3 unspecified atom stereocenters. The molecule has 1 aromatic carbocycles. The lowest BCUT2D eigenvalue weighted by Gasteiger charge is -2.33. The third-order valence-corrected chi connectivity index (χ3v) is 4.21. The zero-order chi connectivity index (χ0) is 15.2. The zero-order valence-electron chi connectivity index (χ0n) is 12.6. The van der Waals surface area contributed by atoms with Gasteiger partial charge in [-0.05, 0) is 37.7 Å². The first-order valence-corrected chi connectivity index (χ1v) is 7.46. The summed E-state index contributed by atoms with van der Waals surface area (Å²) in [5.74, 6) is -1.08. The van der Waals surface area contributed by atoms with Crippen molar-refractivity contribution >= 4 is 11.9 Å². The first kappa shape index (κ1) is 15.5. The van der Waals surface area contributed by atoms with Gasteiger partial charge in [0.15, 0.2) is 0 Å². The maximum atomic E-state index is 12.2. The standard InChI is InChI=1S/C17H22O4/c1-3-21-17(19)15-11-13(12-7-5-4-6-8-12)9-10-14(15)16(18)20-2/h4-8,13-15H,3,9-11H2,1-2H3. The largest absolute Gasteiger partial charge is 0.469 e. The van der Waals surface area contributed by atoms with Crippen LogP contribution in [0.15, 0.2) is 30.3 Å². The number of rotatable bonds is 4. The van der Waals surface area contributed by atoms with Crippen LogP contribution in [0.25, 0.3) is 0 Å². The molecule has 21 heavy (non-hydrogen) atoms. The Hall–Kier alpha value is -1.84. The van der Waals surface area contributed by atoms with Crippen LogP contribution in [0.3, 0.4) is 0 Å². The quantitative estimate of drug-likeness (QED) is 0.800. The van der Waals surface area contributed by atoms with E-state index in [2.05, 4.69) is 12.1 Å². The average Bonchev–Trinajstić information content (AvgIpc) is 2.54. The number of hydrogen-bond acceptors (Lipinski definition) is 4. The minimum absolute atomic E-state index is 0.284. The van der Waals surface area contributed by atoms with Crippen molar-refractivity contribution in [2.45, 2.75) is 32.1 Å². The number of carbonyl (C=O) groups excluding carboxylic acids is 2. The molecule has 1 aliphatic carbocycles. The van der Waals surface area contributed by atoms with E-state index in [0.717, 1.165) is 6.42 Å². The van der Waals surface area contributed by atoms with Gasteiger partial charge in [0.25, 0.3) is 0 Å². The average molecular weight is 290 g/mol. The van der Waals surface area contributed by atoms with Crippen molar-refractivity contribution in [2.24, 2.45) is 11.8 Å². The Labute approximate surface area is 125 Å². The maximum Gasteiger partial charge on any atom is 0.309 e. The van der Waals surface area contributed by atoms with E-state index in [-0.39, 0.29) is 17.9 Å². The van der Waals surface area contributed by atoms with E-state index in [4.69, 9.17) is 9.47 Å². The molecule has 1 saturated carbocycles. The minimum Gasteiger partial charge on any atom is -0.469 e. The number of benzene rings is 1. The Morgan fingerprint density at radius 2 is 1.81 bits per heavy atom. The summed E-state index contributed by atoms with van der Waals surface area (Å²) < 4.78 is 9.99. The molecule has 4 nitrogen and oxygen atoms in total. The Balaban J connectivity index is 2.16. The van der Waals surface area contributed by atoms with Crippen LogP contribution in [0, 0.1) is 11.8 Å². The molecular weight excluding hydrogens is 268 g/mol. The van der Waals surface area contributed by atoms with Crippen molar-refractivity contribution in [1.29, 1.82) is 0 Å². The van der Waals surface area contributed by atoms with Crippen LogP contribution in [-0.4, -0.2) is 25.7 Å². The Morgan fingerprint density at radius 3 is 2.43 bits per heavy atom. The predicted molar refractivity (Wildman–Crippen MR) is 78.7 cm³/mol. The van der Waals surface area contributed by atoms with Crippen LogP contribution in [-0.2, 0) is 19.1 Å². The van der Waals surface area contributed by atoms with E-state index in [0.29, 0.717) is 25.4 Å². The fraction of sp³-hybridized carbons (Fsp3) is 0.529. The van der Waals surface area contributed by atoms with E-state index >= 15 is 0 Å². The van der Waals surface area contributed by atoms with E-state index in [1.807, 2.05) is 18.2 Å². The molecule has 0 radical (unpaired) electrons. The van der Waals surface area contributed by atoms with Crippen LogP contribution in [0.5, 0.6) is 0 Å². The van der Waals surface area contributed by atoms with Crippen LogP contribution in [0.4, 0.5) is 0 Å². The van der Waals surface area contributed by atoms with Gasteiger partial charge in [0.1, 0.15) is 0 Å². The van der Waals surface area contributed by atoms with Gasteiger partial charge in [0.05, 0.1) is 25.6 Å². The molecule has 0 amide bonds. The summed E-state index contributed by atoms with van der Waals surface area (Å²) in [5.41, 5.74) is 1.22. The fourth-order valence-corrected chi connectivity index (χ4v) is 3.14. The van der Waals surface area contributed by atoms with Crippen molar-refractivity contribution in [2.75, 3.05) is 13.7 Å². The third kappa shape index (κ3) is 3.63. The molecule has 0 heterocycles. The number of hydrogen-bond donors (Lipinski definition) is 0. The molecule has 4 heteroatoms. The first-order valence-electron chi connectivity index (χ1n) is 7.46. The zero-order valence-corrected chi connectivity index (χ0v) is 12.6. The summed E-state index contributed by atoms with van der Waals surface area (Å²) in [4.78, 5) is 24.1. The first-order chi connectivity index (χ1) is 10.2. The minimum atomic E-state index is -0.406. The molecule has 1 fully saturated rings. The molecule has 114 valence electrons. The highest BCUT2D eigenvalue weighted by molar-refractivity contribution is 5.82. The van der Waals surface area contributed by atoms with Crippen LogP contribution in [0.1, 0.15) is 37.7 Å². The molecule has 0 aliphatic heterocycles. The van der Waals surface area contributed by atoms with Gasteiger partial charge in [-0.3, -0.25) is 9.59 Å². The van der Waals surface area contributed by atoms with E-state index in [9.17, 15) is 9.59 Å². The molecule has 2 rings (SSSR count). The summed E-state index contributed by atoms with van der Waals surface area (Å²) in [6.45, 7) is 2.11. The fourth-order valence-electron chi connectivity index (χ4n) is 3.14. The molecule has 0 saturated heterocycles. The molecule has 0 N–H and O–H groups in total. The SMILES string of the molecule is CCOC(=O)C1CC(c2ccccc2)CCC1C(=O)OC. The topological polar surface area (TPSA) is 52.6 Å². The predicted octanol–water partition coefficient (Wildman–Crippen LogP) is 2.92. The third-order valence-electron chi connectivity index (χ3n) is 4.21. The van der Waals surface area contributed by atoms with Crippen LogP contribution < -0.4 is 0 Å². The second-order valence-corrected chi connectivity index (χ2v) is 5.41. The summed E-state index contributed by atoms with van der Waals surface area (Å²) in [7, 11) is 1.37. The number of ether oxygens (including phenoxy) is 2. The van der Waals surface area contributed by atoms with Crippen molar-refractivity contribution in [3.8, 4) is 0 Å². The van der Waals surface area contributed by atoms with E-state index in [1.54, 1.807) is 6.92 Å². The second kappa shape index (κ2) is 7.25. The van der Waals surface area contributed by atoms with Crippen molar-refractivity contribution < 1.29 is 19.1 Å². The smallest absolute Gasteiger partial charge is 0.309 e. The maximum absolute atomic E-state index is 12.2. The summed E-state index contributed by atoms with van der Waals surface area (Å²) >= 11 is 0. The molecule has 0 spiro atoms. The molecular formula is C17H22O4. The molecule has 3 atom stereocenters. The lowest BCUT2D eigenvalue weighted by Crippen LogP contribution is -2.36. The van der Waals surface area contributed by atoms with Gasteiger partial charge < -0.3 is 9.47 Å². The number of carbonyl (C=O) groups is 2. The van der Waals surface area contributed by atoms with Gasteiger partial charge in [-0.1, -0.05) is 30.3 Å². The monoisotopic (exact) mass is 290 g/mol. The second-order valence-electron chi connectivity index (χ2n) is 5.41. The summed E-state index contributed by atoms with van der Waals surface area (Å²) in [5, 5.41) is 0. The molecule has 1 aromatic rings. The van der Waals surface area contributed by atoms with Gasteiger partial charge >= 0.3 is 11.9 Å². The van der Waals surface area contributed by atoms with Crippen molar-refractivity contribution in [3.05, 3.63) is 35.9 Å². The number of esters is 2. The van der Waals surface area contributed by atoms with E-state index in [1.165, 1.54) is 12.7 Å². The van der Waals surface area contributed by atoms with E-state index < -0.39 is 5.92 Å². The van der Waals surface area contributed by atoms with Crippen LogP contribution >= 0.6 is 0 Å². The molecule has 0 bridgehead atoms. The Kier molecular flexibility index (Phi) is 5.37. The number of methoxy groups -OCH3 is 1. The van der Waals surface area contributed by atoms with Gasteiger partial charge in [-0.15, -0.1) is 0 Å². The lowest BCUT2D eigenvalue weighted by molar-refractivity contribution is -0.161. The van der Waals surface area contributed by atoms with Crippen molar-refractivity contribution in [1.82, 2.24) is 0 Å². The van der Waals surface area contributed by atoms with Gasteiger partial charge in [0, 0.05) is 0 Å². The summed E-state index contributed by atoms with van der Waals surface area (Å²) in [6, 6.07) is 10.1. The molecule has 1 aliphatic rings. The summed E-state index contributed by atoms with van der Waals surface area (Å²) in [6.07, 6.45) is 2.19. The lowest BCUT2D eigenvalue weighted by atomic mass is 9.72. The van der Waals surface area contributed by atoms with Gasteiger partial charge in [0.2, 0.25) is 0 Å².